The van der Waals surface area contributed by atoms with E-state index in [-0.39, 0.29) is 12.8 Å². The molecule has 208 valence electrons. The number of hydrogen-bond donors (Lipinski definition) is 0. The fourth-order valence-electron chi connectivity index (χ4n) is 5.52. The highest BCUT2D eigenvalue weighted by Crippen LogP contribution is 2.45. The molecule has 0 bridgehead atoms. The Morgan fingerprint density at radius 2 is 1.29 bits per heavy atom. The largest absolute Gasteiger partial charge is 0.454 e. The summed E-state index contributed by atoms with van der Waals surface area (Å²) in [6, 6.07) is 40.2. The van der Waals surface area contributed by atoms with Gasteiger partial charge in [-0.1, -0.05) is 103 Å². The maximum atomic E-state index is 14.1. The first-order valence-corrected chi connectivity index (χ1v) is 16.2. The lowest BCUT2D eigenvalue weighted by molar-refractivity contribution is 0.174. The van der Waals surface area contributed by atoms with Crippen LogP contribution < -0.4 is 25.4 Å². The van der Waals surface area contributed by atoms with Crippen molar-refractivity contribution in [2.24, 2.45) is 0 Å². The molecule has 0 saturated carbocycles. The normalized spacial score (nSPS) is 14.5. The quantitative estimate of drug-likeness (QED) is 0.199. The highest BCUT2D eigenvalue weighted by molar-refractivity contribution is 7.84. The molecule has 5 aromatic rings. The molecule has 0 saturated heterocycles. The second kappa shape index (κ2) is 11.4. The van der Waals surface area contributed by atoms with Crippen molar-refractivity contribution in [2.45, 2.75) is 31.6 Å². The summed E-state index contributed by atoms with van der Waals surface area (Å²) < 4.78 is 27.6. The molecule has 0 aliphatic carbocycles. The van der Waals surface area contributed by atoms with E-state index in [0.29, 0.717) is 0 Å². The third-order valence-electron chi connectivity index (χ3n) is 7.35. The second-order valence-electron chi connectivity index (χ2n) is 11.1. The molecule has 0 radical (unpaired) electrons. The first kappa shape index (κ1) is 27.7. The average molecular weight is 580 g/mol. The zero-order valence-corrected chi connectivity index (χ0v) is 25.5. The van der Waals surface area contributed by atoms with Gasteiger partial charge in [0.15, 0.2) is 11.5 Å². The fraction of sp³-hybridized carbons (Fsp3) is 0.200. The van der Waals surface area contributed by atoms with Crippen LogP contribution in [-0.2, 0) is 11.0 Å². The standard InChI is InChI=1S/C35H34NO3PS/c1-35(2,3)41(37)36(4)34(29-21-13-15-25-14-11-12-20-28(25)29)30-22-31-32(39-24-38-31)23-33(30)40(26-16-7-5-8-17-26)27-18-9-6-10-19-27/h5-23,34H,24H2,1-4H3/t34-,41+/m0/s1. The van der Waals surface area contributed by atoms with E-state index in [4.69, 9.17) is 9.47 Å². The summed E-state index contributed by atoms with van der Waals surface area (Å²) in [6.45, 7) is 6.28. The number of benzene rings is 5. The van der Waals surface area contributed by atoms with Gasteiger partial charge in [-0.25, -0.2) is 8.51 Å². The smallest absolute Gasteiger partial charge is 0.231 e. The summed E-state index contributed by atoms with van der Waals surface area (Å²) in [5, 5.41) is 5.94. The average Bonchev–Trinajstić information content (AvgIpc) is 3.45. The molecule has 0 unspecified atom stereocenters. The Balaban J connectivity index is 1.67. The van der Waals surface area contributed by atoms with Gasteiger partial charge in [0.25, 0.3) is 0 Å². The number of ether oxygens (including phenoxy) is 2. The van der Waals surface area contributed by atoms with E-state index < -0.39 is 23.7 Å². The third-order valence-corrected chi connectivity index (χ3v) is 11.6. The molecule has 4 nitrogen and oxygen atoms in total. The van der Waals surface area contributed by atoms with Crippen LogP contribution in [0.1, 0.15) is 37.9 Å². The number of hydrogen-bond acceptors (Lipinski definition) is 3. The number of nitrogens with zero attached hydrogens (tertiary/aromatic N) is 1. The van der Waals surface area contributed by atoms with E-state index in [1.54, 1.807) is 0 Å². The molecule has 2 atom stereocenters. The van der Waals surface area contributed by atoms with Crippen molar-refractivity contribution < 1.29 is 13.7 Å². The minimum absolute atomic E-state index is 0.190. The van der Waals surface area contributed by atoms with E-state index in [1.807, 2.05) is 32.1 Å². The minimum atomic E-state index is -1.30. The number of fused-ring (bicyclic) bond motifs is 2. The summed E-state index contributed by atoms with van der Waals surface area (Å²) in [6.07, 6.45) is 0. The summed E-state index contributed by atoms with van der Waals surface area (Å²) in [5.74, 6) is 1.47. The molecule has 41 heavy (non-hydrogen) atoms. The topological polar surface area (TPSA) is 38.8 Å². The predicted octanol–water partition coefficient (Wildman–Crippen LogP) is 6.81. The van der Waals surface area contributed by atoms with Gasteiger partial charge in [-0.2, -0.15) is 0 Å². The summed E-state index contributed by atoms with van der Waals surface area (Å²) in [7, 11) is -0.287. The van der Waals surface area contributed by atoms with Gasteiger partial charge in [-0.15, -0.1) is 0 Å². The molecule has 1 aliphatic rings. The lowest BCUT2D eigenvalue weighted by Crippen LogP contribution is -2.39. The van der Waals surface area contributed by atoms with Crippen LogP contribution in [0.15, 0.2) is 115 Å². The molecule has 0 aromatic heterocycles. The summed E-state index contributed by atoms with van der Waals surface area (Å²) >= 11 is 0. The van der Waals surface area contributed by atoms with Crippen molar-refractivity contribution >= 4 is 45.6 Å². The van der Waals surface area contributed by atoms with Crippen LogP contribution in [0.2, 0.25) is 0 Å². The van der Waals surface area contributed by atoms with Crippen LogP contribution in [0.5, 0.6) is 11.5 Å². The highest BCUT2D eigenvalue weighted by Gasteiger charge is 2.36. The molecule has 0 fully saturated rings. The molecule has 0 spiro atoms. The minimum Gasteiger partial charge on any atom is -0.454 e. The van der Waals surface area contributed by atoms with Gasteiger partial charge in [0, 0.05) is 7.05 Å². The molecule has 6 rings (SSSR count). The van der Waals surface area contributed by atoms with E-state index in [9.17, 15) is 4.21 Å². The molecule has 1 heterocycles. The number of rotatable bonds is 7. The van der Waals surface area contributed by atoms with Crippen molar-refractivity contribution in [1.29, 1.82) is 0 Å². The van der Waals surface area contributed by atoms with Gasteiger partial charge in [-0.05, 0) is 78.6 Å². The molecule has 5 aromatic carbocycles. The van der Waals surface area contributed by atoms with Crippen LogP contribution in [0, 0.1) is 0 Å². The van der Waals surface area contributed by atoms with Crippen molar-refractivity contribution in [3.05, 3.63) is 126 Å². The Kier molecular flexibility index (Phi) is 7.70. The maximum absolute atomic E-state index is 14.1. The molecule has 6 heteroatoms. The van der Waals surface area contributed by atoms with Crippen molar-refractivity contribution in [1.82, 2.24) is 4.31 Å². The first-order valence-electron chi connectivity index (χ1n) is 13.8. The Labute approximate surface area is 246 Å². The SMILES string of the molecule is CN([C@H](c1cc2c(cc1P(c1ccccc1)c1ccccc1)OCO2)c1cccc2ccccc12)[S@](=O)C(C)(C)C. The van der Waals surface area contributed by atoms with Gasteiger partial charge in [0.1, 0.15) is 11.0 Å². The van der Waals surface area contributed by atoms with Crippen molar-refractivity contribution in [3.8, 4) is 11.5 Å². The zero-order valence-electron chi connectivity index (χ0n) is 23.8. The van der Waals surface area contributed by atoms with E-state index in [0.717, 1.165) is 38.7 Å². The molecular weight excluding hydrogens is 545 g/mol. The molecule has 1 aliphatic heterocycles. The zero-order chi connectivity index (χ0) is 28.6. The van der Waals surface area contributed by atoms with Gasteiger partial charge in [0.2, 0.25) is 6.79 Å². The lowest BCUT2D eigenvalue weighted by atomic mass is 9.93. The Morgan fingerprint density at radius 3 is 1.93 bits per heavy atom. The van der Waals surface area contributed by atoms with Crippen LogP contribution in [0.3, 0.4) is 0 Å². The monoisotopic (exact) mass is 579 g/mol. The summed E-state index contributed by atoms with van der Waals surface area (Å²) in [4.78, 5) is 0. The fourth-order valence-corrected chi connectivity index (χ4v) is 9.29. The van der Waals surface area contributed by atoms with Gasteiger partial charge in [-0.3, -0.25) is 0 Å². The predicted molar refractivity (Wildman–Crippen MR) is 173 cm³/mol. The van der Waals surface area contributed by atoms with Gasteiger partial charge >= 0.3 is 0 Å². The third kappa shape index (κ3) is 5.42. The first-order chi connectivity index (χ1) is 19.8. The van der Waals surface area contributed by atoms with Gasteiger partial charge in [0.05, 0.1) is 10.8 Å². The highest BCUT2D eigenvalue weighted by atomic mass is 32.2. The van der Waals surface area contributed by atoms with Crippen molar-refractivity contribution in [2.75, 3.05) is 13.8 Å². The molecule has 0 N–H and O–H groups in total. The van der Waals surface area contributed by atoms with Crippen LogP contribution in [0.25, 0.3) is 10.8 Å². The Bertz CT molecular complexity index is 1660. The van der Waals surface area contributed by atoms with Crippen LogP contribution >= 0.6 is 7.92 Å². The van der Waals surface area contributed by atoms with Gasteiger partial charge < -0.3 is 9.47 Å². The maximum Gasteiger partial charge on any atom is 0.231 e. The molecule has 0 amide bonds. The summed E-state index contributed by atoms with van der Waals surface area (Å²) in [5.41, 5.74) is 2.18. The Hall–Kier alpha value is -3.50. The van der Waals surface area contributed by atoms with E-state index >= 15 is 0 Å². The van der Waals surface area contributed by atoms with Crippen LogP contribution in [0.4, 0.5) is 0 Å². The molecular formula is C35H34NO3PS. The van der Waals surface area contributed by atoms with Crippen molar-refractivity contribution in [3.63, 3.8) is 0 Å². The lowest BCUT2D eigenvalue weighted by Gasteiger charge is -2.35. The Morgan fingerprint density at radius 1 is 0.732 bits per heavy atom. The van der Waals surface area contributed by atoms with E-state index in [2.05, 4.69) is 115 Å². The van der Waals surface area contributed by atoms with E-state index in [1.165, 1.54) is 10.6 Å². The van der Waals surface area contributed by atoms with Crippen LogP contribution in [-0.4, -0.2) is 27.1 Å². The second-order valence-corrected chi connectivity index (χ2v) is 15.6.